The average Bonchev–Trinajstić information content (AvgIpc) is 2.57. The smallest absolute Gasteiger partial charge is 0.338 e. The van der Waals surface area contributed by atoms with E-state index in [1.165, 1.54) is 12.1 Å². The van der Waals surface area contributed by atoms with Crippen molar-refractivity contribution in [1.29, 1.82) is 0 Å². The minimum Gasteiger partial charge on any atom is -0.462 e. The summed E-state index contributed by atoms with van der Waals surface area (Å²) in [6.07, 6.45) is 0. The van der Waals surface area contributed by atoms with Gasteiger partial charge in [-0.2, -0.15) is 0 Å². The summed E-state index contributed by atoms with van der Waals surface area (Å²) in [4.78, 5) is 23.6. The molecule has 0 fully saturated rings. The Morgan fingerprint density at radius 1 is 1.00 bits per heavy atom. The molecule has 0 bridgehead atoms. The molecule has 0 spiro atoms. The SMILES string of the molecule is CCOC(=O)c1ccc(CS(=O)(=O)CC(=O)Nc2ccc(C)cc2)cc1. The molecule has 7 heteroatoms. The standard InChI is InChI=1S/C19H21NO5S/c1-3-25-19(22)16-8-6-15(7-9-16)12-26(23,24)13-18(21)20-17-10-4-14(2)5-11-17/h4-11H,3,12-13H2,1-2H3,(H,20,21). The molecule has 0 saturated carbocycles. The summed E-state index contributed by atoms with van der Waals surface area (Å²) >= 11 is 0. The predicted molar refractivity (Wildman–Crippen MR) is 99.7 cm³/mol. The highest BCUT2D eigenvalue weighted by molar-refractivity contribution is 7.91. The summed E-state index contributed by atoms with van der Waals surface area (Å²) in [5.74, 6) is -1.94. The number of esters is 1. The van der Waals surface area contributed by atoms with E-state index in [2.05, 4.69) is 5.32 Å². The van der Waals surface area contributed by atoms with Gasteiger partial charge in [0.1, 0.15) is 5.75 Å². The third-order valence-corrected chi connectivity index (χ3v) is 5.01. The van der Waals surface area contributed by atoms with Gasteiger partial charge in [-0.15, -0.1) is 0 Å². The van der Waals surface area contributed by atoms with Crippen molar-refractivity contribution in [3.8, 4) is 0 Å². The fraction of sp³-hybridized carbons (Fsp3) is 0.263. The Hall–Kier alpha value is -2.67. The molecule has 0 aliphatic carbocycles. The molecule has 138 valence electrons. The first-order valence-corrected chi connectivity index (χ1v) is 9.94. The average molecular weight is 375 g/mol. The van der Waals surface area contributed by atoms with Crippen LogP contribution >= 0.6 is 0 Å². The topological polar surface area (TPSA) is 89.5 Å². The van der Waals surface area contributed by atoms with Gasteiger partial charge in [0.15, 0.2) is 9.84 Å². The van der Waals surface area contributed by atoms with Gasteiger partial charge in [-0.05, 0) is 43.7 Å². The number of rotatable bonds is 7. The second-order valence-electron chi connectivity index (χ2n) is 5.86. The van der Waals surface area contributed by atoms with E-state index >= 15 is 0 Å². The molecule has 2 rings (SSSR count). The van der Waals surface area contributed by atoms with E-state index in [1.54, 1.807) is 31.2 Å². The van der Waals surface area contributed by atoms with E-state index in [4.69, 9.17) is 4.74 Å². The Morgan fingerprint density at radius 3 is 2.19 bits per heavy atom. The van der Waals surface area contributed by atoms with E-state index in [9.17, 15) is 18.0 Å². The molecule has 26 heavy (non-hydrogen) atoms. The fourth-order valence-electron chi connectivity index (χ4n) is 2.29. The number of ether oxygens (including phenoxy) is 1. The highest BCUT2D eigenvalue weighted by Gasteiger charge is 2.18. The lowest BCUT2D eigenvalue weighted by atomic mass is 10.1. The van der Waals surface area contributed by atoms with Gasteiger partial charge in [-0.1, -0.05) is 29.8 Å². The first-order valence-electron chi connectivity index (χ1n) is 8.12. The zero-order valence-corrected chi connectivity index (χ0v) is 15.5. The molecule has 0 saturated heterocycles. The van der Waals surface area contributed by atoms with Gasteiger partial charge in [0.2, 0.25) is 5.91 Å². The number of anilines is 1. The summed E-state index contributed by atoms with van der Waals surface area (Å²) in [6, 6.07) is 13.2. The van der Waals surface area contributed by atoms with Gasteiger partial charge in [-0.3, -0.25) is 4.79 Å². The first kappa shape index (κ1) is 19.7. The Bertz CT molecular complexity index is 871. The Morgan fingerprint density at radius 2 is 1.62 bits per heavy atom. The highest BCUT2D eigenvalue weighted by Crippen LogP contribution is 2.12. The summed E-state index contributed by atoms with van der Waals surface area (Å²) < 4.78 is 29.3. The zero-order chi connectivity index (χ0) is 19.2. The third-order valence-electron chi connectivity index (χ3n) is 3.54. The van der Waals surface area contributed by atoms with Gasteiger partial charge in [-0.25, -0.2) is 13.2 Å². The van der Waals surface area contributed by atoms with Crippen LogP contribution in [0.2, 0.25) is 0 Å². The van der Waals surface area contributed by atoms with Crippen molar-refractivity contribution in [2.75, 3.05) is 17.7 Å². The Labute approximate surface area is 153 Å². The van der Waals surface area contributed by atoms with Crippen molar-refractivity contribution in [1.82, 2.24) is 0 Å². The van der Waals surface area contributed by atoms with E-state index in [0.29, 0.717) is 16.8 Å². The van der Waals surface area contributed by atoms with Crippen LogP contribution < -0.4 is 5.32 Å². The number of sulfone groups is 1. The quantitative estimate of drug-likeness (QED) is 0.752. The molecular weight excluding hydrogens is 354 g/mol. The summed E-state index contributed by atoms with van der Waals surface area (Å²) in [6.45, 7) is 3.90. The van der Waals surface area contributed by atoms with E-state index in [1.807, 2.05) is 19.1 Å². The number of amides is 1. The zero-order valence-electron chi connectivity index (χ0n) is 14.7. The monoisotopic (exact) mass is 375 g/mol. The Kier molecular flexibility index (Phi) is 6.52. The minimum absolute atomic E-state index is 0.269. The maximum atomic E-state index is 12.2. The van der Waals surface area contributed by atoms with Crippen molar-refractivity contribution < 1.29 is 22.7 Å². The van der Waals surface area contributed by atoms with Gasteiger partial charge in [0.05, 0.1) is 17.9 Å². The number of hydrogen-bond acceptors (Lipinski definition) is 5. The number of hydrogen-bond donors (Lipinski definition) is 1. The van der Waals surface area contributed by atoms with Crippen LogP contribution in [0.3, 0.4) is 0 Å². The molecule has 0 atom stereocenters. The second kappa shape index (κ2) is 8.62. The first-order chi connectivity index (χ1) is 12.3. The van der Waals surface area contributed by atoms with Gasteiger partial charge in [0, 0.05) is 5.69 Å². The van der Waals surface area contributed by atoms with Crippen molar-refractivity contribution in [2.24, 2.45) is 0 Å². The van der Waals surface area contributed by atoms with Crippen LogP contribution in [0.15, 0.2) is 48.5 Å². The molecule has 2 aromatic rings. The number of carbonyl (C=O) groups excluding carboxylic acids is 2. The molecule has 0 unspecified atom stereocenters. The Balaban J connectivity index is 1.96. The third kappa shape index (κ3) is 6.00. The molecule has 0 heterocycles. The molecule has 1 N–H and O–H groups in total. The van der Waals surface area contributed by atoms with Crippen LogP contribution in [-0.4, -0.2) is 32.7 Å². The molecule has 6 nitrogen and oxygen atoms in total. The molecule has 0 radical (unpaired) electrons. The predicted octanol–water partition coefficient (Wildman–Crippen LogP) is 2.73. The van der Waals surface area contributed by atoms with Crippen LogP contribution in [0.5, 0.6) is 0 Å². The van der Waals surface area contributed by atoms with Crippen LogP contribution in [0.1, 0.15) is 28.4 Å². The van der Waals surface area contributed by atoms with Crippen LogP contribution in [-0.2, 0) is 25.1 Å². The second-order valence-corrected chi connectivity index (χ2v) is 7.93. The van der Waals surface area contributed by atoms with E-state index < -0.39 is 27.5 Å². The number of nitrogens with one attached hydrogen (secondary N) is 1. The lowest BCUT2D eigenvalue weighted by molar-refractivity contribution is -0.113. The van der Waals surface area contributed by atoms with Crippen molar-refractivity contribution in [3.05, 3.63) is 65.2 Å². The minimum atomic E-state index is -3.63. The summed E-state index contributed by atoms with van der Waals surface area (Å²) in [7, 11) is -3.63. The van der Waals surface area contributed by atoms with Crippen molar-refractivity contribution in [2.45, 2.75) is 19.6 Å². The largest absolute Gasteiger partial charge is 0.462 e. The fourth-order valence-corrected chi connectivity index (χ4v) is 3.56. The van der Waals surface area contributed by atoms with Crippen LogP contribution in [0, 0.1) is 6.92 Å². The van der Waals surface area contributed by atoms with Gasteiger partial charge >= 0.3 is 5.97 Å². The number of benzene rings is 2. The summed E-state index contributed by atoms with van der Waals surface area (Å²) in [5, 5.41) is 2.57. The normalized spacial score (nSPS) is 11.0. The van der Waals surface area contributed by atoms with E-state index in [0.717, 1.165) is 5.56 Å². The summed E-state index contributed by atoms with van der Waals surface area (Å²) in [5.41, 5.74) is 2.45. The van der Waals surface area contributed by atoms with Crippen LogP contribution in [0.4, 0.5) is 5.69 Å². The molecule has 0 aliphatic heterocycles. The highest BCUT2D eigenvalue weighted by atomic mass is 32.2. The lowest BCUT2D eigenvalue weighted by Gasteiger charge is -2.08. The van der Waals surface area contributed by atoms with Gasteiger partial charge < -0.3 is 10.1 Å². The maximum Gasteiger partial charge on any atom is 0.338 e. The number of aryl methyl sites for hydroxylation is 1. The maximum absolute atomic E-state index is 12.2. The lowest BCUT2D eigenvalue weighted by Crippen LogP contribution is -2.24. The van der Waals surface area contributed by atoms with Crippen molar-refractivity contribution >= 4 is 27.4 Å². The molecule has 1 amide bonds. The molecule has 0 aliphatic rings. The molecule has 0 aromatic heterocycles. The van der Waals surface area contributed by atoms with Crippen LogP contribution in [0.25, 0.3) is 0 Å². The van der Waals surface area contributed by atoms with E-state index in [-0.39, 0.29) is 12.4 Å². The van der Waals surface area contributed by atoms with Gasteiger partial charge in [0.25, 0.3) is 0 Å². The molecular formula is C19H21NO5S. The number of carbonyl (C=O) groups is 2. The van der Waals surface area contributed by atoms with Crippen molar-refractivity contribution in [3.63, 3.8) is 0 Å². The molecule has 2 aromatic carbocycles.